The van der Waals surface area contributed by atoms with Gasteiger partial charge in [-0.25, -0.2) is 9.48 Å². The number of imide groups is 1. The molecule has 2 aliphatic rings. The monoisotopic (exact) mass is 384 g/mol. The number of urea groups is 1. The fraction of sp³-hybridized carbons (Fsp3) is 0.444. The molecule has 2 N–H and O–H groups in total. The van der Waals surface area contributed by atoms with Gasteiger partial charge in [-0.15, -0.1) is 5.10 Å². The zero-order valence-corrected chi connectivity index (χ0v) is 15.2. The Morgan fingerprint density at radius 3 is 2.68 bits per heavy atom. The van der Waals surface area contributed by atoms with Gasteiger partial charge in [0.1, 0.15) is 11.1 Å². The number of nitrogens with zero attached hydrogens (tertiary/aromatic N) is 4. The van der Waals surface area contributed by atoms with Crippen molar-refractivity contribution in [3.8, 4) is 0 Å². The smallest absolute Gasteiger partial charge is 0.322 e. The molecular weight excluding hydrogens is 364 g/mol. The fourth-order valence-electron chi connectivity index (χ4n) is 3.77. The summed E-state index contributed by atoms with van der Waals surface area (Å²) in [6.45, 7) is -0.0166. The number of nitrogens with one attached hydrogen (secondary N) is 2. The SMILES string of the molecule is O=C(CCn1nnc2ccccc2c1=O)NN1C(=O)NC2(CCCCC2)C1=O. The van der Waals surface area contributed by atoms with Gasteiger partial charge < -0.3 is 5.32 Å². The number of carbonyl (C=O) groups excluding carboxylic acids is 3. The first-order valence-corrected chi connectivity index (χ1v) is 9.29. The summed E-state index contributed by atoms with van der Waals surface area (Å²) in [4.78, 5) is 49.5. The highest BCUT2D eigenvalue weighted by molar-refractivity contribution is 6.08. The van der Waals surface area contributed by atoms with E-state index in [9.17, 15) is 19.2 Å². The van der Waals surface area contributed by atoms with E-state index in [4.69, 9.17) is 0 Å². The molecule has 1 spiro atoms. The number of rotatable bonds is 4. The highest BCUT2D eigenvalue weighted by Crippen LogP contribution is 2.32. The summed E-state index contributed by atoms with van der Waals surface area (Å²) in [5.41, 5.74) is 1.57. The summed E-state index contributed by atoms with van der Waals surface area (Å²) in [5, 5.41) is 11.7. The average Bonchev–Trinajstić information content (AvgIpc) is 2.92. The molecular formula is C18H20N6O4. The van der Waals surface area contributed by atoms with Crippen molar-refractivity contribution in [3.05, 3.63) is 34.6 Å². The first-order chi connectivity index (χ1) is 13.5. The number of fused-ring (bicyclic) bond motifs is 1. The topological polar surface area (TPSA) is 126 Å². The van der Waals surface area contributed by atoms with Crippen molar-refractivity contribution in [3.63, 3.8) is 0 Å². The summed E-state index contributed by atoms with van der Waals surface area (Å²) in [7, 11) is 0. The van der Waals surface area contributed by atoms with Gasteiger partial charge >= 0.3 is 6.03 Å². The molecule has 1 aliphatic heterocycles. The molecule has 4 amide bonds. The molecule has 1 saturated carbocycles. The predicted octanol–water partition coefficient (Wildman–Crippen LogP) is 0.467. The van der Waals surface area contributed by atoms with E-state index in [1.807, 2.05) is 0 Å². The van der Waals surface area contributed by atoms with Crippen LogP contribution in [0, 0.1) is 0 Å². The third-order valence-electron chi connectivity index (χ3n) is 5.29. The van der Waals surface area contributed by atoms with Crippen LogP contribution < -0.4 is 16.3 Å². The molecule has 0 unspecified atom stereocenters. The van der Waals surface area contributed by atoms with Crippen molar-refractivity contribution >= 4 is 28.7 Å². The molecule has 146 valence electrons. The largest absolute Gasteiger partial charge is 0.344 e. The normalized spacial score (nSPS) is 18.5. The van der Waals surface area contributed by atoms with E-state index in [2.05, 4.69) is 21.1 Å². The zero-order valence-electron chi connectivity index (χ0n) is 15.2. The fourth-order valence-corrected chi connectivity index (χ4v) is 3.77. The van der Waals surface area contributed by atoms with Gasteiger partial charge in [0.05, 0.1) is 11.9 Å². The van der Waals surface area contributed by atoms with E-state index < -0.39 is 23.4 Å². The van der Waals surface area contributed by atoms with Crippen LogP contribution in [0.3, 0.4) is 0 Å². The Labute approximate surface area is 159 Å². The van der Waals surface area contributed by atoms with Gasteiger partial charge in [0.25, 0.3) is 11.5 Å². The number of aryl methyl sites for hydroxylation is 1. The number of hydrazine groups is 1. The molecule has 2 fully saturated rings. The second kappa shape index (κ2) is 7.02. The van der Waals surface area contributed by atoms with Gasteiger partial charge in [-0.05, 0) is 25.0 Å². The zero-order chi connectivity index (χ0) is 19.7. The van der Waals surface area contributed by atoms with Crippen molar-refractivity contribution in [1.29, 1.82) is 0 Å². The Kier molecular flexibility index (Phi) is 4.54. The molecule has 10 nitrogen and oxygen atoms in total. The maximum absolute atomic E-state index is 12.7. The predicted molar refractivity (Wildman–Crippen MR) is 97.8 cm³/mol. The Morgan fingerprint density at radius 2 is 1.89 bits per heavy atom. The first kappa shape index (κ1) is 18.1. The highest BCUT2D eigenvalue weighted by Gasteiger charge is 2.52. The number of hydrogen-bond donors (Lipinski definition) is 2. The molecule has 0 atom stereocenters. The standard InChI is InChI=1S/C18H20N6O4/c25-14(8-11-23-15(26)12-6-2-3-7-13(12)20-22-23)21-24-16(27)18(19-17(24)28)9-4-1-5-10-18/h2-3,6-7H,1,4-5,8-11H2,(H,19,28)(H,21,25). The first-order valence-electron chi connectivity index (χ1n) is 9.29. The van der Waals surface area contributed by atoms with E-state index >= 15 is 0 Å². The second-order valence-electron chi connectivity index (χ2n) is 7.13. The van der Waals surface area contributed by atoms with Gasteiger partial charge in [-0.2, -0.15) is 5.01 Å². The van der Waals surface area contributed by atoms with Gasteiger partial charge in [0.15, 0.2) is 0 Å². The van der Waals surface area contributed by atoms with Crippen LogP contribution in [0.15, 0.2) is 29.1 Å². The van der Waals surface area contributed by atoms with Crippen molar-refractivity contribution in [2.75, 3.05) is 0 Å². The Hall–Kier alpha value is -3.30. The van der Waals surface area contributed by atoms with Gasteiger partial charge in [-0.3, -0.25) is 19.8 Å². The number of aromatic nitrogens is 3. The Balaban J connectivity index is 1.41. The minimum absolute atomic E-state index is 0.0166. The van der Waals surface area contributed by atoms with Crippen molar-refractivity contribution < 1.29 is 14.4 Å². The minimum Gasteiger partial charge on any atom is -0.322 e. The lowest BCUT2D eigenvalue weighted by molar-refractivity contribution is -0.140. The van der Waals surface area contributed by atoms with Gasteiger partial charge in [0, 0.05) is 6.42 Å². The van der Waals surface area contributed by atoms with Crippen LogP contribution in [0.1, 0.15) is 38.5 Å². The summed E-state index contributed by atoms with van der Waals surface area (Å²) < 4.78 is 1.09. The molecule has 2 aromatic rings. The Bertz CT molecular complexity index is 1010. The summed E-state index contributed by atoms with van der Waals surface area (Å²) in [6, 6.07) is 6.18. The van der Waals surface area contributed by atoms with Crippen LogP contribution in [0.5, 0.6) is 0 Å². The van der Waals surface area contributed by atoms with E-state index in [-0.39, 0.29) is 18.5 Å². The lowest BCUT2D eigenvalue weighted by atomic mass is 9.82. The maximum Gasteiger partial charge on any atom is 0.344 e. The van der Waals surface area contributed by atoms with E-state index in [1.54, 1.807) is 24.3 Å². The number of hydrogen-bond acceptors (Lipinski definition) is 6. The van der Waals surface area contributed by atoms with E-state index in [0.29, 0.717) is 23.7 Å². The highest BCUT2D eigenvalue weighted by atomic mass is 16.2. The van der Waals surface area contributed by atoms with Crippen LogP contribution in [0.4, 0.5) is 4.79 Å². The Morgan fingerprint density at radius 1 is 1.14 bits per heavy atom. The molecule has 1 aromatic carbocycles. The van der Waals surface area contributed by atoms with Crippen molar-refractivity contribution in [2.45, 2.75) is 50.6 Å². The molecule has 2 heterocycles. The number of amides is 4. The van der Waals surface area contributed by atoms with Gasteiger partial charge in [0.2, 0.25) is 5.91 Å². The molecule has 1 aromatic heterocycles. The minimum atomic E-state index is -0.899. The average molecular weight is 384 g/mol. The van der Waals surface area contributed by atoms with Crippen LogP contribution >= 0.6 is 0 Å². The summed E-state index contributed by atoms with van der Waals surface area (Å²) in [6.07, 6.45) is 3.77. The number of benzene rings is 1. The second-order valence-corrected chi connectivity index (χ2v) is 7.13. The molecule has 10 heteroatoms. The van der Waals surface area contributed by atoms with E-state index in [0.717, 1.165) is 29.0 Å². The van der Waals surface area contributed by atoms with Crippen LogP contribution in [0.2, 0.25) is 0 Å². The quantitative estimate of drug-likeness (QED) is 0.738. The third kappa shape index (κ3) is 3.10. The molecule has 4 rings (SSSR count). The van der Waals surface area contributed by atoms with Crippen molar-refractivity contribution in [2.24, 2.45) is 0 Å². The van der Waals surface area contributed by atoms with Crippen LogP contribution in [-0.2, 0) is 16.1 Å². The van der Waals surface area contributed by atoms with E-state index in [1.165, 1.54) is 0 Å². The van der Waals surface area contributed by atoms with Crippen LogP contribution in [0.25, 0.3) is 10.9 Å². The van der Waals surface area contributed by atoms with Gasteiger partial charge in [-0.1, -0.05) is 36.6 Å². The molecule has 1 saturated heterocycles. The number of carbonyl (C=O) groups is 3. The summed E-state index contributed by atoms with van der Waals surface area (Å²) >= 11 is 0. The summed E-state index contributed by atoms with van der Waals surface area (Å²) in [5.74, 6) is -0.980. The molecule has 0 bridgehead atoms. The third-order valence-corrected chi connectivity index (χ3v) is 5.29. The lowest BCUT2D eigenvalue weighted by Crippen LogP contribution is -2.51. The molecule has 28 heavy (non-hydrogen) atoms. The maximum atomic E-state index is 12.7. The van der Waals surface area contributed by atoms with Crippen molar-refractivity contribution in [1.82, 2.24) is 30.7 Å². The lowest BCUT2D eigenvalue weighted by Gasteiger charge is -2.30. The van der Waals surface area contributed by atoms with Crippen LogP contribution in [-0.4, -0.2) is 43.4 Å². The molecule has 1 aliphatic carbocycles. The molecule has 0 radical (unpaired) electrons.